The van der Waals surface area contributed by atoms with Crippen LogP contribution in [0.2, 0.25) is 0 Å². The number of methoxy groups -OCH3 is 1. The molecule has 0 radical (unpaired) electrons. The molecule has 0 bridgehead atoms. The first-order chi connectivity index (χ1) is 17.7. The van der Waals surface area contributed by atoms with Gasteiger partial charge in [0, 0.05) is 25.7 Å². The van der Waals surface area contributed by atoms with Crippen LogP contribution in [-0.2, 0) is 25.5 Å². The van der Waals surface area contributed by atoms with E-state index in [1.807, 2.05) is 12.1 Å². The zero-order chi connectivity index (χ0) is 27.3. The highest BCUT2D eigenvalue weighted by molar-refractivity contribution is 5.66. The van der Waals surface area contributed by atoms with Gasteiger partial charge in [0.1, 0.15) is 12.2 Å². The Hall–Kier alpha value is -2.28. The average molecular weight is 520 g/mol. The lowest BCUT2D eigenvalue weighted by atomic mass is 9.68. The highest BCUT2D eigenvalue weighted by Crippen LogP contribution is 2.42. The van der Waals surface area contributed by atoms with Crippen LogP contribution in [0.5, 0.6) is 11.5 Å². The van der Waals surface area contributed by atoms with Gasteiger partial charge in [-0.2, -0.15) is 0 Å². The number of unbranched alkanes of at least 4 members (excludes halogenated alkanes) is 2. The number of benzene rings is 1. The molecule has 7 nitrogen and oxygen atoms in total. The lowest BCUT2D eigenvalue weighted by Gasteiger charge is -2.44. The molecule has 0 saturated carbocycles. The monoisotopic (exact) mass is 519 g/mol. The molecule has 210 valence electrons. The summed E-state index contributed by atoms with van der Waals surface area (Å²) in [6.45, 7) is 8.97. The molecule has 7 heteroatoms. The number of rotatable bonds is 16. The lowest BCUT2D eigenvalue weighted by molar-refractivity contribution is -0.163. The van der Waals surface area contributed by atoms with Crippen LogP contribution in [0.15, 0.2) is 18.2 Å². The molecule has 1 saturated heterocycles. The van der Waals surface area contributed by atoms with Crippen molar-refractivity contribution in [1.82, 2.24) is 5.32 Å². The van der Waals surface area contributed by atoms with Crippen LogP contribution < -0.4 is 10.1 Å². The Morgan fingerprint density at radius 1 is 1.00 bits per heavy atom. The summed E-state index contributed by atoms with van der Waals surface area (Å²) in [5.41, 5.74) is 0.695. The fraction of sp³-hybridized carbons (Fsp3) is 0.733. The Balaban J connectivity index is 2.35. The Morgan fingerprint density at radius 2 is 1.70 bits per heavy atom. The fourth-order valence-electron chi connectivity index (χ4n) is 5.91. The number of carbonyl (C=O) groups excluding carboxylic acids is 2. The standard InChI is InChI=1S/C30H49NO6/c1-6-8-9-11-24(10-7-2)18-26(36-22(3)32)20-29(37-23(4)33)30(14-16-31-17-15-30)21-25-12-13-27(34)28(19-25)35-5/h12-13,19,24,26,29,31,34H,6-11,14-18,20-21H2,1-5H3. The molecule has 1 aromatic rings. The van der Waals surface area contributed by atoms with Gasteiger partial charge in [0.15, 0.2) is 11.5 Å². The molecule has 0 spiro atoms. The summed E-state index contributed by atoms with van der Waals surface area (Å²) in [5, 5.41) is 13.5. The summed E-state index contributed by atoms with van der Waals surface area (Å²) >= 11 is 0. The number of aromatic hydroxyl groups is 1. The van der Waals surface area contributed by atoms with Gasteiger partial charge >= 0.3 is 11.9 Å². The van der Waals surface area contributed by atoms with E-state index in [1.54, 1.807) is 6.07 Å². The number of phenols is 1. The zero-order valence-electron chi connectivity index (χ0n) is 23.6. The number of ether oxygens (including phenoxy) is 3. The van der Waals surface area contributed by atoms with Crippen molar-refractivity contribution in [3.05, 3.63) is 23.8 Å². The Labute approximate surface area is 223 Å². The van der Waals surface area contributed by atoms with E-state index in [2.05, 4.69) is 19.2 Å². The Morgan fingerprint density at radius 3 is 2.30 bits per heavy atom. The molecule has 3 atom stereocenters. The second kappa shape index (κ2) is 15.9. The summed E-state index contributed by atoms with van der Waals surface area (Å²) in [6.07, 6.45) is 9.79. The van der Waals surface area contributed by atoms with Crippen molar-refractivity contribution in [2.45, 2.75) is 111 Å². The summed E-state index contributed by atoms with van der Waals surface area (Å²) in [4.78, 5) is 24.5. The van der Waals surface area contributed by atoms with E-state index in [4.69, 9.17) is 14.2 Å². The molecule has 0 amide bonds. The Kier molecular flexibility index (Phi) is 13.3. The maximum absolute atomic E-state index is 12.3. The molecule has 0 aliphatic carbocycles. The average Bonchev–Trinajstić information content (AvgIpc) is 2.85. The number of piperidine rings is 1. The van der Waals surface area contributed by atoms with Gasteiger partial charge in [-0.3, -0.25) is 9.59 Å². The van der Waals surface area contributed by atoms with Crippen molar-refractivity contribution in [3.63, 3.8) is 0 Å². The van der Waals surface area contributed by atoms with Crippen molar-refractivity contribution in [2.75, 3.05) is 20.2 Å². The van der Waals surface area contributed by atoms with Crippen molar-refractivity contribution in [2.24, 2.45) is 11.3 Å². The maximum Gasteiger partial charge on any atom is 0.302 e. The summed E-state index contributed by atoms with van der Waals surface area (Å²) in [6, 6.07) is 5.41. The molecule has 1 aliphatic heterocycles. The molecule has 2 N–H and O–H groups in total. The first-order valence-electron chi connectivity index (χ1n) is 14.1. The molecule has 1 aromatic carbocycles. The number of carbonyl (C=O) groups is 2. The van der Waals surface area contributed by atoms with Crippen LogP contribution in [0.1, 0.15) is 97.5 Å². The van der Waals surface area contributed by atoms with E-state index >= 15 is 0 Å². The molecule has 1 fully saturated rings. The topological polar surface area (TPSA) is 94.1 Å². The van der Waals surface area contributed by atoms with Gasteiger partial charge in [-0.25, -0.2) is 0 Å². The normalized spacial score (nSPS) is 17.4. The number of esters is 2. The quantitative estimate of drug-likeness (QED) is 0.206. The molecule has 2 rings (SSSR count). The van der Waals surface area contributed by atoms with E-state index in [0.717, 1.165) is 57.2 Å². The third kappa shape index (κ3) is 10.2. The third-order valence-corrected chi connectivity index (χ3v) is 7.71. The molecule has 0 aromatic heterocycles. The van der Waals surface area contributed by atoms with Crippen LogP contribution in [0.25, 0.3) is 0 Å². The minimum absolute atomic E-state index is 0.0992. The van der Waals surface area contributed by atoms with Crippen molar-refractivity contribution < 1.29 is 28.9 Å². The van der Waals surface area contributed by atoms with Crippen LogP contribution in [0.4, 0.5) is 0 Å². The molecule has 37 heavy (non-hydrogen) atoms. The predicted octanol–water partition coefficient (Wildman–Crippen LogP) is 5.95. The Bertz CT molecular complexity index is 835. The van der Waals surface area contributed by atoms with Crippen molar-refractivity contribution >= 4 is 11.9 Å². The minimum Gasteiger partial charge on any atom is -0.504 e. The fourth-order valence-corrected chi connectivity index (χ4v) is 5.91. The number of phenolic OH excluding ortho intramolecular Hbond substituents is 1. The van der Waals surface area contributed by atoms with E-state index in [-0.39, 0.29) is 29.2 Å². The zero-order valence-corrected chi connectivity index (χ0v) is 23.6. The van der Waals surface area contributed by atoms with Crippen LogP contribution in [-0.4, -0.2) is 49.5 Å². The van der Waals surface area contributed by atoms with Crippen LogP contribution >= 0.6 is 0 Å². The van der Waals surface area contributed by atoms with Crippen molar-refractivity contribution in [1.29, 1.82) is 0 Å². The number of hydrogen-bond donors (Lipinski definition) is 2. The third-order valence-electron chi connectivity index (χ3n) is 7.71. The largest absolute Gasteiger partial charge is 0.504 e. The van der Waals surface area contributed by atoms with Gasteiger partial charge in [-0.05, 0) is 62.4 Å². The van der Waals surface area contributed by atoms with Gasteiger partial charge in [-0.1, -0.05) is 58.4 Å². The summed E-state index contributed by atoms with van der Waals surface area (Å²) in [7, 11) is 1.54. The summed E-state index contributed by atoms with van der Waals surface area (Å²) < 4.78 is 17.3. The molecule has 3 unspecified atom stereocenters. The van der Waals surface area contributed by atoms with E-state index in [1.165, 1.54) is 40.2 Å². The molecular weight excluding hydrogens is 470 g/mol. The van der Waals surface area contributed by atoms with Gasteiger partial charge in [0.2, 0.25) is 0 Å². The SMILES string of the molecule is CCCCCC(CCC)CC(CC(OC(C)=O)C1(Cc2ccc(O)c(OC)c2)CCNCC1)OC(C)=O. The van der Waals surface area contributed by atoms with Crippen molar-refractivity contribution in [3.8, 4) is 11.5 Å². The van der Waals surface area contributed by atoms with Gasteiger partial charge in [-0.15, -0.1) is 0 Å². The van der Waals surface area contributed by atoms with E-state index in [0.29, 0.717) is 24.5 Å². The van der Waals surface area contributed by atoms with Crippen LogP contribution in [0, 0.1) is 11.3 Å². The van der Waals surface area contributed by atoms with Crippen LogP contribution in [0.3, 0.4) is 0 Å². The van der Waals surface area contributed by atoms with Gasteiger partial charge < -0.3 is 24.6 Å². The smallest absolute Gasteiger partial charge is 0.302 e. The molecular formula is C30H49NO6. The number of hydrogen-bond acceptors (Lipinski definition) is 7. The molecule has 1 aliphatic rings. The van der Waals surface area contributed by atoms with E-state index in [9.17, 15) is 14.7 Å². The minimum atomic E-state index is -0.394. The lowest BCUT2D eigenvalue weighted by Crippen LogP contribution is -2.49. The highest BCUT2D eigenvalue weighted by Gasteiger charge is 2.44. The first kappa shape index (κ1) is 30.9. The molecule has 1 heterocycles. The second-order valence-corrected chi connectivity index (χ2v) is 10.7. The predicted molar refractivity (Wildman–Crippen MR) is 146 cm³/mol. The highest BCUT2D eigenvalue weighted by atomic mass is 16.6. The number of nitrogens with one attached hydrogen (secondary N) is 1. The first-order valence-corrected chi connectivity index (χ1v) is 14.1. The second-order valence-electron chi connectivity index (χ2n) is 10.7. The summed E-state index contributed by atoms with van der Waals surface area (Å²) in [5.74, 6) is 0.392. The maximum atomic E-state index is 12.3. The van der Waals surface area contributed by atoms with E-state index < -0.39 is 6.10 Å². The van der Waals surface area contributed by atoms with Gasteiger partial charge in [0.05, 0.1) is 7.11 Å². The van der Waals surface area contributed by atoms with Gasteiger partial charge in [0.25, 0.3) is 0 Å².